The molecule has 6 nitrogen and oxygen atoms in total. The Hall–Kier alpha value is -3.15. The molecule has 4 amide bonds. The van der Waals surface area contributed by atoms with Crippen molar-refractivity contribution in [2.75, 3.05) is 11.9 Å². The van der Waals surface area contributed by atoms with Crippen LogP contribution in [0.3, 0.4) is 0 Å². The number of nitrogens with one attached hydrogen (secondary N) is 2. The van der Waals surface area contributed by atoms with Crippen LogP contribution in [0.25, 0.3) is 0 Å². The van der Waals surface area contributed by atoms with Gasteiger partial charge in [0.15, 0.2) is 0 Å². The molecule has 0 bridgehead atoms. The van der Waals surface area contributed by atoms with E-state index in [4.69, 9.17) is 0 Å². The molecule has 30 heavy (non-hydrogen) atoms. The molecule has 1 aliphatic rings. The largest absolute Gasteiger partial charge is 0.325 e. The van der Waals surface area contributed by atoms with Crippen LogP contribution in [-0.2, 0) is 20.5 Å². The van der Waals surface area contributed by atoms with Gasteiger partial charge in [0.05, 0.1) is 0 Å². The molecule has 1 saturated heterocycles. The molecule has 1 heterocycles. The highest BCUT2D eigenvalue weighted by Gasteiger charge is 2.52. The number of hydrogen-bond donors (Lipinski definition) is 2. The Morgan fingerprint density at radius 1 is 1.03 bits per heavy atom. The van der Waals surface area contributed by atoms with Crippen molar-refractivity contribution in [1.29, 1.82) is 0 Å². The molecule has 0 aliphatic carbocycles. The summed E-state index contributed by atoms with van der Waals surface area (Å²) in [6, 6.07) is 16.2. The van der Waals surface area contributed by atoms with Crippen LogP contribution in [-0.4, -0.2) is 29.3 Å². The topological polar surface area (TPSA) is 78.5 Å². The second-order valence-electron chi connectivity index (χ2n) is 8.69. The molecule has 2 aromatic rings. The maximum Gasteiger partial charge on any atom is 0.325 e. The standard InChI is InChI=1S/C24H29N3O3/c1-5-15-24(17-11-7-6-8-12-17)21(29)27(22(30)26-24)16-20(28)25-19-14-10-9-13-18(19)23(2,3)4/h6-14H,5,15-16H2,1-4H3,(H,25,28)(H,26,30). The van der Waals surface area contributed by atoms with E-state index >= 15 is 0 Å². The monoisotopic (exact) mass is 407 g/mol. The number of anilines is 1. The van der Waals surface area contributed by atoms with E-state index in [0.29, 0.717) is 18.5 Å². The average Bonchev–Trinajstić information content (AvgIpc) is 2.93. The van der Waals surface area contributed by atoms with E-state index in [1.807, 2.05) is 61.5 Å². The van der Waals surface area contributed by atoms with Crippen LogP contribution >= 0.6 is 0 Å². The van der Waals surface area contributed by atoms with Crippen LogP contribution < -0.4 is 10.6 Å². The lowest BCUT2D eigenvalue weighted by molar-refractivity contribution is -0.134. The van der Waals surface area contributed by atoms with E-state index in [1.54, 1.807) is 0 Å². The Bertz CT molecular complexity index is 950. The number of benzene rings is 2. The van der Waals surface area contributed by atoms with Crippen LogP contribution in [0.5, 0.6) is 0 Å². The van der Waals surface area contributed by atoms with Crippen molar-refractivity contribution in [2.45, 2.75) is 51.5 Å². The van der Waals surface area contributed by atoms with Gasteiger partial charge in [-0.25, -0.2) is 4.79 Å². The summed E-state index contributed by atoms with van der Waals surface area (Å²) in [7, 11) is 0. The average molecular weight is 408 g/mol. The molecule has 0 spiro atoms. The Kier molecular flexibility index (Phi) is 5.97. The molecule has 0 aromatic heterocycles. The predicted octanol–water partition coefficient (Wildman–Crippen LogP) is 4.17. The first-order valence-corrected chi connectivity index (χ1v) is 10.3. The van der Waals surface area contributed by atoms with E-state index in [0.717, 1.165) is 16.0 Å². The molecule has 3 rings (SSSR count). The minimum atomic E-state index is -1.13. The van der Waals surface area contributed by atoms with Gasteiger partial charge in [-0.3, -0.25) is 14.5 Å². The lowest BCUT2D eigenvalue weighted by Gasteiger charge is -2.27. The Labute approximate surface area is 177 Å². The van der Waals surface area contributed by atoms with Crippen LogP contribution in [0.1, 0.15) is 51.7 Å². The smallest absolute Gasteiger partial charge is 0.324 e. The number of imide groups is 1. The maximum atomic E-state index is 13.3. The number of amides is 4. The molecule has 0 radical (unpaired) electrons. The van der Waals surface area contributed by atoms with Crippen LogP contribution in [0, 0.1) is 0 Å². The molecular formula is C24H29N3O3. The van der Waals surface area contributed by atoms with Crippen LogP contribution in [0.2, 0.25) is 0 Å². The van der Waals surface area contributed by atoms with Gasteiger partial charge in [0.25, 0.3) is 5.91 Å². The molecule has 0 saturated carbocycles. The van der Waals surface area contributed by atoms with Gasteiger partial charge in [0.2, 0.25) is 5.91 Å². The van der Waals surface area contributed by atoms with Crippen molar-refractivity contribution in [3.05, 3.63) is 65.7 Å². The zero-order valence-electron chi connectivity index (χ0n) is 18.0. The SMILES string of the molecule is CCCC1(c2ccccc2)NC(=O)N(CC(=O)Nc2ccccc2C(C)(C)C)C1=O. The highest BCUT2D eigenvalue weighted by atomic mass is 16.2. The van der Waals surface area contributed by atoms with Gasteiger partial charge in [-0.15, -0.1) is 0 Å². The fourth-order valence-electron chi connectivity index (χ4n) is 3.96. The van der Waals surface area contributed by atoms with Gasteiger partial charge in [-0.05, 0) is 29.0 Å². The number of rotatable bonds is 6. The zero-order chi connectivity index (χ0) is 21.9. The fraction of sp³-hybridized carbons (Fsp3) is 0.375. The van der Waals surface area contributed by atoms with Crippen molar-refractivity contribution < 1.29 is 14.4 Å². The Morgan fingerprint density at radius 2 is 1.67 bits per heavy atom. The van der Waals surface area contributed by atoms with Crippen LogP contribution in [0.4, 0.5) is 10.5 Å². The Morgan fingerprint density at radius 3 is 2.30 bits per heavy atom. The minimum absolute atomic E-state index is 0.158. The first kappa shape index (κ1) is 21.6. The second-order valence-corrected chi connectivity index (χ2v) is 8.69. The molecule has 1 fully saturated rings. The number of carbonyl (C=O) groups is 3. The number of nitrogens with zero attached hydrogens (tertiary/aromatic N) is 1. The first-order valence-electron chi connectivity index (χ1n) is 10.3. The van der Waals surface area contributed by atoms with Gasteiger partial charge >= 0.3 is 6.03 Å². The van der Waals surface area contributed by atoms with Crippen molar-refractivity contribution in [3.8, 4) is 0 Å². The third kappa shape index (κ3) is 4.08. The molecule has 1 atom stereocenters. The predicted molar refractivity (Wildman–Crippen MR) is 117 cm³/mol. The molecule has 2 N–H and O–H groups in total. The van der Waals surface area contributed by atoms with Gasteiger partial charge < -0.3 is 10.6 Å². The fourth-order valence-corrected chi connectivity index (χ4v) is 3.96. The molecule has 1 unspecified atom stereocenters. The summed E-state index contributed by atoms with van der Waals surface area (Å²) in [4.78, 5) is 39.8. The molecule has 2 aromatic carbocycles. The molecule has 1 aliphatic heterocycles. The lowest BCUT2D eigenvalue weighted by Crippen LogP contribution is -2.44. The number of para-hydroxylation sites is 1. The summed E-state index contributed by atoms with van der Waals surface area (Å²) in [5, 5.41) is 5.72. The summed E-state index contributed by atoms with van der Waals surface area (Å²) in [5.41, 5.74) is 1.11. The highest BCUT2D eigenvalue weighted by molar-refractivity contribution is 6.10. The summed E-state index contributed by atoms with van der Waals surface area (Å²) in [5.74, 6) is -0.796. The number of carbonyl (C=O) groups excluding carboxylic acids is 3. The minimum Gasteiger partial charge on any atom is -0.324 e. The van der Waals surface area contributed by atoms with Gasteiger partial charge in [-0.1, -0.05) is 82.6 Å². The van der Waals surface area contributed by atoms with Crippen LogP contribution in [0.15, 0.2) is 54.6 Å². The number of hydrogen-bond acceptors (Lipinski definition) is 3. The van der Waals surface area contributed by atoms with E-state index in [1.165, 1.54) is 0 Å². The third-order valence-electron chi connectivity index (χ3n) is 5.38. The van der Waals surface area contributed by atoms with Crippen molar-refractivity contribution in [2.24, 2.45) is 0 Å². The van der Waals surface area contributed by atoms with Crippen molar-refractivity contribution in [3.63, 3.8) is 0 Å². The molecular weight excluding hydrogens is 378 g/mol. The Balaban J connectivity index is 1.82. The van der Waals surface area contributed by atoms with E-state index in [2.05, 4.69) is 31.4 Å². The van der Waals surface area contributed by atoms with Gasteiger partial charge in [-0.2, -0.15) is 0 Å². The van der Waals surface area contributed by atoms with E-state index in [-0.39, 0.29) is 17.9 Å². The quantitative estimate of drug-likeness (QED) is 0.706. The first-order chi connectivity index (χ1) is 14.2. The van der Waals surface area contributed by atoms with E-state index in [9.17, 15) is 14.4 Å². The third-order valence-corrected chi connectivity index (χ3v) is 5.38. The highest BCUT2D eigenvalue weighted by Crippen LogP contribution is 2.34. The normalized spacial score (nSPS) is 19.0. The summed E-state index contributed by atoms with van der Waals surface area (Å²) in [6.45, 7) is 7.82. The summed E-state index contributed by atoms with van der Waals surface area (Å²) >= 11 is 0. The second kappa shape index (κ2) is 8.30. The maximum absolute atomic E-state index is 13.3. The number of urea groups is 1. The van der Waals surface area contributed by atoms with Crippen molar-refractivity contribution >= 4 is 23.5 Å². The van der Waals surface area contributed by atoms with Gasteiger partial charge in [0.1, 0.15) is 12.1 Å². The zero-order valence-corrected chi connectivity index (χ0v) is 18.0. The molecule has 6 heteroatoms. The molecule has 158 valence electrons. The lowest BCUT2D eigenvalue weighted by atomic mass is 9.85. The summed E-state index contributed by atoms with van der Waals surface area (Å²) < 4.78 is 0. The van der Waals surface area contributed by atoms with E-state index < -0.39 is 17.5 Å². The van der Waals surface area contributed by atoms with Gasteiger partial charge in [0, 0.05) is 5.69 Å². The van der Waals surface area contributed by atoms with Crippen molar-refractivity contribution in [1.82, 2.24) is 10.2 Å². The summed E-state index contributed by atoms with van der Waals surface area (Å²) in [6.07, 6.45) is 1.17.